The predicted octanol–water partition coefficient (Wildman–Crippen LogP) is 2.32. The van der Waals surface area contributed by atoms with E-state index in [4.69, 9.17) is 5.11 Å². The SMILES string of the molecule is Cc1cc(F)ccc1NC(=O)N1CC(C(C)C(=O)O)C1. The van der Waals surface area contributed by atoms with Gasteiger partial charge in [0.2, 0.25) is 0 Å². The Morgan fingerprint density at radius 1 is 1.45 bits per heavy atom. The van der Waals surface area contributed by atoms with Gasteiger partial charge in [0.05, 0.1) is 5.92 Å². The highest BCUT2D eigenvalue weighted by Gasteiger charge is 2.37. The number of hydrogen-bond donors (Lipinski definition) is 2. The summed E-state index contributed by atoms with van der Waals surface area (Å²) >= 11 is 0. The fourth-order valence-corrected chi connectivity index (χ4v) is 2.16. The van der Waals surface area contributed by atoms with Gasteiger partial charge in [0.1, 0.15) is 5.82 Å². The molecule has 1 aliphatic rings. The maximum absolute atomic E-state index is 13.0. The van der Waals surface area contributed by atoms with E-state index in [2.05, 4.69) is 5.32 Å². The van der Waals surface area contributed by atoms with Gasteiger partial charge in [0, 0.05) is 24.7 Å². The van der Waals surface area contributed by atoms with Gasteiger partial charge in [-0.25, -0.2) is 9.18 Å². The van der Waals surface area contributed by atoms with E-state index in [1.165, 1.54) is 18.2 Å². The second kappa shape index (κ2) is 5.48. The highest BCUT2D eigenvalue weighted by molar-refractivity contribution is 5.90. The lowest BCUT2D eigenvalue weighted by Gasteiger charge is -2.41. The maximum atomic E-state index is 13.0. The Kier molecular flexibility index (Phi) is 3.92. The molecule has 1 aromatic rings. The lowest BCUT2D eigenvalue weighted by molar-refractivity contribution is -0.144. The van der Waals surface area contributed by atoms with Gasteiger partial charge in [-0.3, -0.25) is 4.79 Å². The van der Waals surface area contributed by atoms with Gasteiger partial charge in [-0.15, -0.1) is 0 Å². The Morgan fingerprint density at radius 2 is 2.10 bits per heavy atom. The van der Waals surface area contributed by atoms with Crippen molar-refractivity contribution < 1.29 is 19.1 Å². The van der Waals surface area contributed by atoms with Crippen LogP contribution in [0.2, 0.25) is 0 Å². The van der Waals surface area contributed by atoms with Crippen LogP contribution in [0.5, 0.6) is 0 Å². The van der Waals surface area contributed by atoms with Crippen LogP contribution in [0.15, 0.2) is 18.2 Å². The van der Waals surface area contributed by atoms with Crippen molar-refractivity contribution in [1.29, 1.82) is 0 Å². The van der Waals surface area contributed by atoms with E-state index in [1.54, 1.807) is 18.7 Å². The summed E-state index contributed by atoms with van der Waals surface area (Å²) in [6.07, 6.45) is 0. The number of urea groups is 1. The van der Waals surface area contributed by atoms with Crippen LogP contribution in [0.25, 0.3) is 0 Å². The van der Waals surface area contributed by atoms with Gasteiger partial charge in [-0.1, -0.05) is 6.92 Å². The van der Waals surface area contributed by atoms with Crippen molar-refractivity contribution in [1.82, 2.24) is 4.90 Å². The van der Waals surface area contributed by atoms with E-state index < -0.39 is 11.9 Å². The number of hydrogen-bond acceptors (Lipinski definition) is 2. The van der Waals surface area contributed by atoms with Crippen molar-refractivity contribution in [2.45, 2.75) is 13.8 Å². The first-order chi connectivity index (χ1) is 9.38. The van der Waals surface area contributed by atoms with Crippen molar-refractivity contribution in [3.63, 3.8) is 0 Å². The Hall–Kier alpha value is -2.11. The molecule has 1 heterocycles. The zero-order valence-corrected chi connectivity index (χ0v) is 11.4. The van der Waals surface area contributed by atoms with Crippen LogP contribution in [0.4, 0.5) is 14.9 Å². The molecule has 2 N–H and O–H groups in total. The first-order valence-electron chi connectivity index (χ1n) is 6.43. The number of nitrogens with one attached hydrogen (secondary N) is 1. The molecule has 0 aromatic heterocycles. The van der Waals surface area contributed by atoms with Crippen LogP contribution >= 0.6 is 0 Å². The minimum Gasteiger partial charge on any atom is -0.481 e. The normalized spacial score (nSPS) is 16.4. The average molecular weight is 280 g/mol. The van der Waals surface area contributed by atoms with Gasteiger partial charge in [-0.05, 0) is 30.7 Å². The highest BCUT2D eigenvalue weighted by Crippen LogP contribution is 2.25. The number of carbonyl (C=O) groups is 2. The Labute approximate surface area is 116 Å². The minimum atomic E-state index is -0.843. The number of likely N-dealkylation sites (tertiary alicyclic amines) is 1. The third kappa shape index (κ3) is 2.89. The third-order valence-corrected chi connectivity index (χ3v) is 3.72. The summed E-state index contributed by atoms with van der Waals surface area (Å²) in [6.45, 7) is 4.22. The summed E-state index contributed by atoms with van der Waals surface area (Å²) in [5.74, 6) is -1.65. The van der Waals surface area contributed by atoms with Crippen LogP contribution < -0.4 is 5.32 Å². The standard InChI is InChI=1S/C14H17FN2O3/c1-8-5-11(15)3-4-12(8)16-14(20)17-6-10(7-17)9(2)13(18)19/h3-5,9-10H,6-7H2,1-2H3,(H,16,20)(H,18,19). The Balaban J connectivity index is 1.90. The van der Waals surface area contributed by atoms with Crippen molar-refractivity contribution in [3.05, 3.63) is 29.6 Å². The molecule has 1 unspecified atom stereocenters. The zero-order chi connectivity index (χ0) is 14.9. The summed E-state index contributed by atoms with van der Waals surface area (Å²) in [5, 5.41) is 11.6. The van der Waals surface area contributed by atoms with Crippen molar-refractivity contribution in [2.75, 3.05) is 18.4 Å². The van der Waals surface area contributed by atoms with Crippen LogP contribution in [-0.4, -0.2) is 35.1 Å². The van der Waals surface area contributed by atoms with Gasteiger partial charge < -0.3 is 15.3 Å². The molecule has 2 amide bonds. The van der Waals surface area contributed by atoms with Crippen molar-refractivity contribution in [2.24, 2.45) is 11.8 Å². The molecule has 1 aromatic carbocycles. The third-order valence-electron chi connectivity index (χ3n) is 3.72. The minimum absolute atomic E-state index is 0.00688. The molecule has 1 atom stereocenters. The van der Waals surface area contributed by atoms with Gasteiger partial charge in [-0.2, -0.15) is 0 Å². The van der Waals surface area contributed by atoms with E-state index >= 15 is 0 Å². The van der Waals surface area contributed by atoms with Crippen LogP contribution in [-0.2, 0) is 4.79 Å². The lowest BCUT2D eigenvalue weighted by atomic mass is 9.87. The number of carboxylic acid groups (broad SMARTS) is 1. The Bertz CT molecular complexity index is 541. The monoisotopic (exact) mass is 280 g/mol. The highest BCUT2D eigenvalue weighted by atomic mass is 19.1. The number of aliphatic carboxylic acids is 1. The van der Waals surface area contributed by atoms with Crippen molar-refractivity contribution in [3.8, 4) is 0 Å². The summed E-state index contributed by atoms with van der Waals surface area (Å²) in [7, 11) is 0. The van der Waals surface area contributed by atoms with E-state index in [1.807, 2.05) is 0 Å². The number of aryl methyl sites for hydroxylation is 1. The first-order valence-corrected chi connectivity index (χ1v) is 6.43. The van der Waals surface area contributed by atoms with Crippen molar-refractivity contribution >= 4 is 17.7 Å². The summed E-state index contributed by atoms with van der Waals surface area (Å²) in [4.78, 5) is 24.3. The van der Waals surface area contributed by atoms with E-state index in [9.17, 15) is 14.0 Å². The summed E-state index contributed by atoms with van der Waals surface area (Å²) < 4.78 is 13.0. The molecule has 0 spiro atoms. The molecule has 20 heavy (non-hydrogen) atoms. The maximum Gasteiger partial charge on any atom is 0.321 e. The van der Waals surface area contributed by atoms with E-state index in [-0.39, 0.29) is 17.8 Å². The molecular formula is C14H17FN2O3. The molecular weight excluding hydrogens is 263 g/mol. The topological polar surface area (TPSA) is 69.6 Å². The summed E-state index contributed by atoms with van der Waals surface area (Å²) in [5.41, 5.74) is 1.21. The zero-order valence-electron chi connectivity index (χ0n) is 11.4. The fourth-order valence-electron chi connectivity index (χ4n) is 2.16. The van der Waals surface area contributed by atoms with E-state index in [0.717, 1.165) is 0 Å². The molecule has 0 radical (unpaired) electrons. The van der Waals surface area contributed by atoms with Gasteiger partial charge in [0.25, 0.3) is 0 Å². The number of nitrogens with zero attached hydrogens (tertiary/aromatic N) is 1. The van der Waals surface area contributed by atoms with Crippen LogP contribution in [0.1, 0.15) is 12.5 Å². The lowest BCUT2D eigenvalue weighted by Crippen LogP contribution is -2.54. The number of amides is 2. The quantitative estimate of drug-likeness (QED) is 0.892. The molecule has 0 saturated carbocycles. The van der Waals surface area contributed by atoms with Gasteiger partial charge >= 0.3 is 12.0 Å². The number of halogens is 1. The van der Waals surface area contributed by atoms with Gasteiger partial charge in [0.15, 0.2) is 0 Å². The van der Waals surface area contributed by atoms with Crippen LogP contribution in [0.3, 0.4) is 0 Å². The molecule has 108 valence electrons. The molecule has 1 fully saturated rings. The molecule has 6 heteroatoms. The summed E-state index contributed by atoms with van der Waals surface area (Å²) in [6, 6.07) is 3.86. The molecule has 1 aliphatic heterocycles. The molecule has 0 bridgehead atoms. The van der Waals surface area contributed by atoms with E-state index in [0.29, 0.717) is 24.3 Å². The molecule has 1 saturated heterocycles. The smallest absolute Gasteiger partial charge is 0.321 e. The molecule has 5 nitrogen and oxygen atoms in total. The second-order valence-corrected chi connectivity index (χ2v) is 5.18. The average Bonchev–Trinajstić information content (AvgIpc) is 2.30. The van der Waals surface area contributed by atoms with Crippen LogP contribution in [0, 0.1) is 24.6 Å². The molecule has 2 rings (SSSR count). The number of rotatable bonds is 3. The molecule has 0 aliphatic carbocycles. The number of benzene rings is 1. The largest absolute Gasteiger partial charge is 0.481 e. The number of carbonyl (C=O) groups excluding carboxylic acids is 1. The Morgan fingerprint density at radius 3 is 2.65 bits per heavy atom. The number of anilines is 1. The first kappa shape index (κ1) is 14.3. The second-order valence-electron chi connectivity index (χ2n) is 5.18. The number of carboxylic acids is 1. The predicted molar refractivity (Wildman–Crippen MR) is 72.0 cm³/mol. The fraction of sp³-hybridized carbons (Fsp3) is 0.429.